The maximum absolute atomic E-state index is 13.5. The van der Waals surface area contributed by atoms with Gasteiger partial charge in [0.25, 0.3) is 5.91 Å². The molecule has 1 aromatic carbocycles. The van der Waals surface area contributed by atoms with E-state index >= 15 is 0 Å². The number of pyridine rings is 1. The predicted octanol–water partition coefficient (Wildman–Crippen LogP) is 4.32. The van der Waals surface area contributed by atoms with Gasteiger partial charge in [0.2, 0.25) is 0 Å². The van der Waals surface area contributed by atoms with E-state index in [1.54, 1.807) is 12.3 Å². The first-order chi connectivity index (χ1) is 14.0. The Morgan fingerprint density at radius 1 is 1.24 bits per heavy atom. The molecule has 1 atom stereocenters. The van der Waals surface area contributed by atoms with Crippen LogP contribution in [0.25, 0.3) is 0 Å². The third-order valence-electron chi connectivity index (χ3n) is 5.27. The Hall–Kier alpha value is -3.22. The Balaban J connectivity index is 1.53. The number of halogens is 1. The molecular formula is C22H24FN5O. The van der Waals surface area contributed by atoms with Gasteiger partial charge in [-0.25, -0.2) is 4.39 Å². The monoisotopic (exact) mass is 393 g/mol. The zero-order valence-electron chi connectivity index (χ0n) is 16.6. The smallest absolute Gasteiger partial charge is 0.257 e. The number of carbonyl (C=O) groups is 1. The molecule has 3 heterocycles. The molecule has 2 N–H and O–H groups in total. The van der Waals surface area contributed by atoms with Crippen molar-refractivity contribution in [2.75, 3.05) is 18.4 Å². The van der Waals surface area contributed by atoms with Crippen molar-refractivity contribution in [3.8, 4) is 0 Å². The summed E-state index contributed by atoms with van der Waals surface area (Å²) >= 11 is 0. The van der Waals surface area contributed by atoms with Crippen molar-refractivity contribution in [2.45, 2.75) is 32.6 Å². The lowest BCUT2D eigenvalue weighted by atomic mass is 9.93. The maximum Gasteiger partial charge on any atom is 0.257 e. The van der Waals surface area contributed by atoms with E-state index in [1.807, 2.05) is 36.9 Å². The number of hydrogen-bond acceptors (Lipinski definition) is 4. The summed E-state index contributed by atoms with van der Waals surface area (Å²) in [4.78, 5) is 19.5. The van der Waals surface area contributed by atoms with E-state index < -0.39 is 0 Å². The largest absolute Gasteiger partial charge is 0.355 e. The number of aromatic amines is 1. The van der Waals surface area contributed by atoms with Crippen LogP contribution in [0.2, 0.25) is 0 Å². The molecule has 0 radical (unpaired) electrons. The molecule has 7 heteroatoms. The summed E-state index contributed by atoms with van der Waals surface area (Å²) in [5, 5.41) is 10.0. The molecule has 1 aliphatic heterocycles. The minimum absolute atomic E-state index is 0.00622. The summed E-state index contributed by atoms with van der Waals surface area (Å²) in [7, 11) is 0. The summed E-state index contributed by atoms with van der Waals surface area (Å²) < 4.78 is 13.5. The third-order valence-corrected chi connectivity index (χ3v) is 5.27. The summed E-state index contributed by atoms with van der Waals surface area (Å²) in [5.41, 5.74) is 4.80. The topological polar surface area (TPSA) is 73.9 Å². The number of anilines is 2. The van der Waals surface area contributed by atoms with Crippen LogP contribution in [0, 0.1) is 19.7 Å². The van der Waals surface area contributed by atoms with Gasteiger partial charge in [-0.2, -0.15) is 5.10 Å². The number of benzene rings is 1. The lowest BCUT2D eigenvalue weighted by Gasteiger charge is -2.32. The molecule has 150 valence electrons. The van der Waals surface area contributed by atoms with E-state index in [0.29, 0.717) is 17.8 Å². The molecule has 29 heavy (non-hydrogen) atoms. The predicted molar refractivity (Wildman–Crippen MR) is 110 cm³/mol. The van der Waals surface area contributed by atoms with Gasteiger partial charge in [-0.05, 0) is 57.0 Å². The van der Waals surface area contributed by atoms with Crippen molar-refractivity contribution in [1.29, 1.82) is 0 Å². The summed E-state index contributed by atoms with van der Waals surface area (Å²) in [5.74, 6) is -0.114. The van der Waals surface area contributed by atoms with E-state index in [2.05, 4.69) is 15.5 Å². The number of H-pyrrole nitrogens is 1. The number of aryl methyl sites for hydroxylation is 2. The quantitative estimate of drug-likeness (QED) is 0.692. The van der Waals surface area contributed by atoms with Gasteiger partial charge >= 0.3 is 0 Å². The molecule has 1 aliphatic rings. The first-order valence-electron chi connectivity index (χ1n) is 9.80. The van der Waals surface area contributed by atoms with Crippen molar-refractivity contribution >= 4 is 17.3 Å². The minimum atomic E-state index is -0.281. The van der Waals surface area contributed by atoms with Crippen LogP contribution in [0.3, 0.4) is 0 Å². The van der Waals surface area contributed by atoms with Gasteiger partial charge in [-0.1, -0.05) is 6.07 Å². The number of piperidine rings is 1. The molecule has 6 nitrogen and oxygen atoms in total. The second-order valence-corrected chi connectivity index (χ2v) is 7.56. The number of aromatic nitrogens is 3. The number of hydrogen-bond donors (Lipinski definition) is 2. The van der Waals surface area contributed by atoms with Crippen molar-refractivity contribution in [1.82, 2.24) is 20.1 Å². The highest BCUT2D eigenvalue weighted by molar-refractivity contribution is 5.95. The molecular weight excluding hydrogens is 369 g/mol. The van der Waals surface area contributed by atoms with Crippen LogP contribution in [0.1, 0.15) is 46.2 Å². The first kappa shape index (κ1) is 19.1. The maximum atomic E-state index is 13.5. The lowest BCUT2D eigenvalue weighted by molar-refractivity contribution is 0.0705. The van der Waals surface area contributed by atoms with E-state index in [0.717, 1.165) is 42.2 Å². The molecule has 1 amide bonds. The normalized spacial score (nSPS) is 16.7. The molecule has 0 bridgehead atoms. The highest BCUT2D eigenvalue weighted by Crippen LogP contribution is 2.29. The van der Waals surface area contributed by atoms with Crippen molar-refractivity contribution < 1.29 is 9.18 Å². The van der Waals surface area contributed by atoms with Crippen LogP contribution < -0.4 is 5.32 Å². The van der Waals surface area contributed by atoms with Gasteiger partial charge in [0.05, 0.1) is 11.8 Å². The lowest BCUT2D eigenvalue weighted by Crippen LogP contribution is -2.39. The molecule has 3 aromatic rings. The second kappa shape index (κ2) is 8.03. The molecule has 0 saturated carbocycles. The standard InChI is InChI=1S/C22H24FN5O/c1-14-9-19(26-18-7-3-6-17(23)10-18)11-21(25-14)16-5-4-8-28(13-16)22(29)20-12-24-27-15(20)2/h3,6-7,9-12,16H,4-5,8,13H2,1-2H3,(H,24,27)(H,25,26)/t16-/m0/s1. The number of nitrogens with zero attached hydrogens (tertiary/aromatic N) is 3. The Morgan fingerprint density at radius 2 is 2.10 bits per heavy atom. The fourth-order valence-electron chi connectivity index (χ4n) is 3.85. The third kappa shape index (κ3) is 4.29. The molecule has 0 unspecified atom stereocenters. The van der Waals surface area contributed by atoms with E-state index in [9.17, 15) is 9.18 Å². The first-order valence-corrected chi connectivity index (χ1v) is 9.80. The van der Waals surface area contributed by atoms with E-state index in [1.165, 1.54) is 12.1 Å². The van der Waals surface area contributed by atoms with Crippen molar-refractivity contribution in [2.24, 2.45) is 0 Å². The zero-order valence-corrected chi connectivity index (χ0v) is 16.6. The van der Waals surface area contributed by atoms with Gasteiger partial charge in [-0.3, -0.25) is 14.9 Å². The SMILES string of the molecule is Cc1cc(Nc2cccc(F)c2)cc([C@H]2CCCN(C(=O)c3cn[nH]c3C)C2)n1. The van der Waals surface area contributed by atoms with Crippen LogP contribution in [0.4, 0.5) is 15.8 Å². The van der Waals surface area contributed by atoms with Crippen LogP contribution in [0.5, 0.6) is 0 Å². The second-order valence-electron chi connectivity index (χ2n) is 7.56. The average molecular weight is 393 g/mol. The number of amides is 1. The fraction of sp³-hybridized carbons (Fsp3) is 0.318. The summed E-state index contributed by atoms with van der Waals surface area (Å²) in [6.45, 7) is 5.16. The average Bonchev–Trinajstić information content (AvgIpc) is 3.13. The number of carbonyl (C=O) groups excluding carboxylic acids is 1. The Morgan fingerprint density at radius 3 is 2.86 bits per heavy atom. The van der Waals surface area contributed by atoms with Crippen LogP contribution >= 0.6 is 0 Å². The zero-order chi connectivity index (χ0) is 20.4. The Bertz CT molecular complexity index is 1030. The van der Waals surface area contributed by atoms with Crippen LogP contribution in [-0.2, 0) is 0 Å². The molecule has 1 fully saturated rings. The molecule has 4 rings (SSSR count). The van der Waals surface area contributed by atoms with Gasteiger partial charge in [-0.15, -0.1) is 0 Å². The highest BCUT2D eigenvalue weighted by atomic mass is 19.1. The Kier molecular flexibility index (Phi) is 5.29. The summed E-state index contributed by atoms with van der Waals surface area (Å²) in [6, 6.07) is 10.3. The van der Waals surface area contributed by atoms with E-state index in [-0.39, 0.29) is 17.6 Å². The van der Waals surface area contributed by atoms with Gasteiger partial charge < -0.3 is 10.2 Å². The number of rotatable bonds is 4. The molecule has 0 aliphatic carbocycles. The fourth-order valence-corrected chi connectivity index (χ4v) is 3.85. The Labute approximate surface area is 169 Å². The van der Waals surface area contributed by atoms with Crippen molar-refractivity contribution in [3.63, 3.8) is 0 Å². The van der Waals surface area contributed by atoms with Crippen molar-refractivity contribution in [3.05, 3.63) is 71.1 Å². The van der Waals surface area contributed by atoms with Gasteiger partial charge in [0.15, 0.2) is 0 Å². The van der Waals surface area contributed by atoms with Gasteiger partial charge in [0.1, 0.15) is 5.82 Å². The minimum Gasteiger partial charge on any atom is -0.355 e. The van der Waals surface area contributed by atoms with Gasteiger partial charge in [0, 0.05) is 47.5 Å². The van der Waals surface area contributed by atoms with E-state index in [4.69, 9.17) is 4.98 Å². The molecule has 1 saturated heterocycles. The number of nitrogens with one attached hydrogen (secondary N) is 2. The number of likely N-dealkylation sites (tertiary alicyclic amines) is 1. The van der Waals surface area contributed by atoms with Crippen LogP contribution in [0.15, 0.2) is 42.6 Å². The van der Waals surface area contributed by atoms with Crippen LogP contribution in [-0.4, -0.2) is 39.1 Å². The molecule has 0 spiro atoms. The highest BCUT2D eigenvalue weighted by Gasteiger charge is 2.28. The summed E-state index contributed by atoms with van der Waals surface area (Å²) in [6.07, 6.45) is 3.49. The molecule has 2 aromatic heterocycles.